The molecule has 0 bridgehead atoms. The van der Waals surface area contributed by atoms with Crippen molar-refractivity contribution in [3.63, 3.8) is 0 Å². The largest absolute Gasteiger partial charge is 0.446 e. The van der Waals surface area contributed by atoms with E-state index in [2.05, 4.69) is 5.32 Å². The molecule has 1 saturated carbocycles. The Morgan fingerprint density at radius 3 is 2.47 bits per heavy atom. The van der Waals surface area contributed by atoms with Crippen LogP contribution in [0.2, 0.25) is 0 Å². The zero-order valence-corrected chi connectivity index (χ0v) is 9.06. The summed E-state index contributed by atoms with van der Waals surface area (Å²) in [6.45, 7) is 2.03. The number of carbonyl (C=O) groups is 1. The Labute approximate surface area is 88.2 Å². The molecule has 0 aromatic heterocycles. The molecule has 0 aromatic carbocycles. The molecule has 88 valence electrons. The minimum Gasteiger partial charge on any atom is -0.446 e. The summed E-state index contributed by atoms with van der Waals surface area (Å²) in [5, 5.41) is 2.14. The minimum absolute atomic E-state index is 0.0947. The van der Waals surface area contributed by atoms with Crippen molar-refractivity contribution >= 4 is 6.09 Å². The van der Waals surface area contributed by atoms with Gasteiger partial charge in [-0.15, -0.1) is 0 Å². The van der Waals surface area contributed by atoms with Gasteiger partial charge in [-0.1, -0.05) is 0 Å². The molecule has 0 saturated heterocycles. The van der Waals surface area contributed by atoms with Crippen molar-refractivity contribution in [1.82, 2.24) is 5.32 Å². The number of hydrogen-bond donors (Lipinski definition) is 1. The summed E-state index contributed by atoms with van der Waals surface area (Å²) in [4.78, 5) is 11.2. The van der Waals surface area contributed by atoms with Crippen molar-refractivity contribution in [3.8, 4) is 0 Å². The van der Waals surface area contributed by atoms with Gasteiger partial charge in [0.15, 0.2) is 0 Å². The van der Waals surface area contributed by atoms with E-state index < -0.39 is 18.1 Å². The van der Waals surface area contributed by atoms with E-state index in [1.807, 2.05) is 0 Å². The SMILES string of the molecule is C[C@H](NC(=O)OC1CCCC1)C(C)(F)F. The molecule has 1 N–H and O–H groups in total. The summed E-state index contributed by atoms with van der Waals surface area (Å²) in [6.07, 6.45) is 2.92. The highest BCUT2D eigenvalue weighted by Crippen LogP contribution is 2.21. The first-order valence-corrected chi connectivity index (χ1v) is 5.24. The zero-order valence-electron chi connectivity index (χ0n) is 9.06. The Bertz CT molecular complexity index is 222. The Morgan fingerprint density at radius 1 is 1.47 bits per heavy atom. The van der Waals surface area contributed by atoms with Gasteiger partial charge in [0.1, 0.15) is 6.10 Å². The molecule has 1 fully saturated rings. The van der Waals surface area contributed by atoms with Gasteiger partial charge < -0.3 is 10.1 Å². The van der Waals surface area contributed by atoms with Crippen LogP contribution in [0, 0.1) is 0 Å². The van der Waals surface area contributed by atoms with E-state index in [1.54, 1.807) is 0 Å². The summed E-state index contributed by atoms with van der Waals surface area (Å²) < 4.78 is 30.4. The number of hydrogen-bond acceptors (Lipinski definition) is 2. The molecule has 15 heavy (non-hydrogen) atoms. The Balaban J connectivity index is 2.29. The highest BCUT2D eigenvalue weighted by Gasteiger charge is 2.32. The molecule has 0 aromatic rings. The van der Waals surface area contributed by atoms with E-state index >= 15 is 0 Å². The highest BCUT2D eigenvalue weighted by molar-refractivity contribution is 5.67. The van der Waals surface area contributed by atoms with E-state index in [4.69, 9.17) is 4.74 Å². The van der Waals surface area contributed by atoms with Crippen LogP contribution >= 0.6 is 0 Å². The third-order valence-electron chi connectivity index (χ3n) is 2.67. The molecular formula is C10H17F2NO2. The van der Waals surface area contributed by atoms with E-state index in [0.717, 1.165) is 32.6 Å². The lowest BCUT2D eigenvalue weighted by Gasteiger charge is -2.21. The van der Waals surface area contributed by atoms with Gasteiger partial charge in [-0.25, -0.2) is 13.6 Å². The fraction of sp³-hybridized carbons (Fsp3) is 0.900. The molecule has 0 spiro atoms. The molecule has 1 aliphatic carbocycles. The Morgan fingerprint density at radius 2 is 2.00 bits per heavy atom. The lowest BCUT2D eigenvalue weighted by atomic mass is 10.2. The first kappa shape index (κ1) is 12.2. The van der Waals surface area contributed by atoms with E-state index in [0.29, 0.717) is 0 Å². The van der Waals surface area contributed by atoms with Crippen molar-refractivity contribution in [1.29, 1.82) is 0 Å². The number of carbonyl (C=O) groups excluding carboxylic acids is 1. The molecule has 0 radical (unpaired) electrons. The number of alkyl halides is 2. The van der Waals surface area contributed by atoms with Gasteiger partial charge in [-0.2, -0.15) is 0 Å². The van der Waals surface area contributed by atoms with Crippen molar-refractivity contribution in [3.05, 3.63) is 0 Å². The van der Waals surface area contributed by atoms with Gasteiger partial charge in [0.05, 0.1) is 6.04 Å². The maximum Gasteiger partial charge on any atom is 0.407 e. The average molecular weight is 221 g/mol. The molecule has 1 atom stereocenters. The van der Waals surface area contributed by atoms with Gasteiger partial charge in [0.2, 0.25) is 0 Å². The number of amides is 1. The van der Waals surface area contributed by atoms with Crippen LogP contribution in [0.25, 0.3) is 0 Å². The number of alkyl carbamates (subject to hydrolysis) is 1. The summed E-state index contributed by atoms with van der Waals surface area (Å²) in [5.41, 5.74) is 0. The third kappa shape index (κ3) is 4.01. The maximum absolute atomic E-state index is 12.7. The fourth-order valence-electron chi connectivity index (χ4n) is 1.50. The highest BCUT2D eigenvalue weighted by atomic mass is 19.3. The first-order chi connectivity index (χ1) is 6.89. The molecule has 0 heterocycles. The molecule has 1 aliphatic rings. The fourth-order valence-corrected chi connectivity index (χ4v) is 1.50. The molecule has 0 unspecified atom stereocenters. The molecule has 0 aliphatic heterocycles. The van der Waals surface area contributed by atoms with Crippen molar-refractivity contribution < 1.29 is 18.3 Å². The predicted octanol–water partition coefficient (Wildman–Crippen LogP) is 2.70. The predicted molar refractivity (Wildman–Crippen MR) is 52.0 cm³/mol. The third-order valence-corrected chi connectivity index (χ3v) is 2.67. The van der Waals surface area contributed by atoms with Crippen LogP contribution in [-0.4, -0.2) is 24.2 Å². The van der Waals surface area contributed by atoms with E-state index in [-0.39, 0.29) is 6.10 Å². The van der Waals surface area contributed by atoms with Crippen LogP contribution in [0.5, 0.6) is 0 Å². The zero-order chi connectivity index (χ0) is 11.5. The molecule has 3 nitrogen and oxygen atoms in total. The minimum atomic E-state index is -2.92. The summed E-state index contributed by atoms with van der Waals surface area (Å²) in [5.74, 6) is -2.92. The average Bonchev–Trinajstić information content (AvgIpc) is 2.54. The second kappa shape index (κ2) is 4.77. The van der Waals surface area contributed by atoms with Crippen LogP contribution in [0.1, 0.15) is 39.5 Å². The number of rotatable bonds is 3. The molecule has 1 rings (SSSR count). The van der Waals surface area contributed by atoms with E-state index in [1.165, 1.54) is 6.92 Å². The quantitative estimate of drug-likeness (QED) is 0.795. The maximum atomic E-state index is 12.7. The van der Waals surface area contributed by atoms with Crippen LogP contribution in [-0.2, 0) is 4.74 Å². The smallest absolute Gasteiger partial charge is 0.407 e. The monoisotopic (exact) mass is 221 g/mol. The van der Waals surface area contributed by atoms with Crippen molar-refractivity contribution in [2.24, 2.45) is 0 Å². The summed E-state index contributed by atoms with van der Waals surface area (Å²) in [7, 11) is 0. The normalized spacial score (nSPS) is 20.0. The Hall–Kier alpha value is -0.870. The van der Waals surface area contributed by atoms with Gasteiger partial charge in [0.25, 0.3) is 5.92 Å². The lowest BCUT2D eigenvalue weighted by Crippen LogP contribution is -2.44. The second-order valence-electron chi connectivity index (χ2n) is 4.13. The second-order valence-corrected chi connectivity index (χ2v) is 4.13. The molecule has 1 amide bonds. The lowest BCUT2D eigenvalue weighted by molar-refractivity contribution is -0.0143. The summed E-state index contributed by atoms with van der Waals surface area (Å²) in [6, 6.07) is -1.20. The van der Waals surface area contributed by atoms with Crippen molar-refractivity contribution in [2.75, 3.05) is 0 Å². The van der Waals surface area contributed by atoms with Gasteiger partial charge in [0, 0.05) is 6.92 Å². The van der Waals surface area contributed by atoms with Gasteiger partial charge in [-0.3, -0.25) is 0 Å². The first-order valence-electron chi connectivity index (χ1n) is 5.24. The van der Waals surface area contributed by atoms with Crippen molar-refractivity contribution in [2.45, 2.75) is 57.6 Å². The van der Waals surface area contributed by atoms with Crippen LogP contribution in [0.3, 0.4) is 0 Å². The standard InChI is InChI=1S/C10H17F2NO2/c1-7(10(2,11)12)13-9(14)15-8-5-3-4-6-8/h7-8H,3-6H2,1-2H3,(H,13,14)/t7-/m0/s1. The van der Waals surface area contributed by atoms with Crippen LogP contribution in [0.15, 0.2) is 0 Å². The topological polar surface area (TPSA) is 38.3 Å². The van der Waals surface area contributed by atoms with Gasteiger partial charge in [-0.05, 0) is 32.6 Å². The van der Waals surface area contributed by atoms with Crippen LogP contribution < -0.4 is 5.32 Å². The van der Waals surface area contributed by atoms with Gasteiger partial charge >= 0.3 is 6.09 Å². The van der Waals surface area contributed by atoms with E-state index in [9.17, 15) is 13.6 Å². The number of nitrogens with one attached hydrogen (secondary N) is 1. The number of halogens is 2. The summed E-state index contributed by atoms with van der Waals surface area (Å²) >= 11 is 0. The van der Waals surface area contributed by atoms with Crippen LogP contribution in [0.4, 0.5) is 13.6 Å². The molecule has 5 heteroatoms. The Kier molecular flexibility index (Phi) is 3.88. The molecular weight excluding hydrogens is 204 g/mol. The number of ether oxygens (including phenoxy) is 1.